The number of carbonyl (C=O) groups excluding carboxylic acids is 1. The number of nitro benzene ring substituents is 1. The van der Waals surface area contributed by atoms with E-state index in [0.29, 0.717) is 29.0 Å². The Labute approximate surface area is 226 Å². The fraction of sp³-hybridized carbons (Fsp3) is 0.435. The number of rotatable bonds is 14. The van der Waals surface area contributed by atoms with Crippen LogP contribution < -0.4 is 19.5 Å². The highest BCUT2D eigenvalue weighted by Crippen LogP contribution is 2.49. The van der Waals surface area contributed by atoms with Gasteiger partial charge >= 0.3 is 11.7 Å². The van der Waals surface area contributed by atoms with Crippen molar-refractivity contribution in [3.05, 3.63) is 43.9 Å². The summed E-state index contributed by atoms with van der Waals surface area (Å²) in [5.74, 6) is -0.528. The molecule has 1 aliphatic heterocycles. The van der Waals surface area contributed by atoms with Crippen molar-refractivity contribution in [1.82, 2.24) is 0 Å². The zero-order chi connectivity index (χ0) is 27.7. The van der Waals surface area contributed by atoms with Gasteiger partial charge in [-0.05, 0) is 28.1 Å². The van der Waals surface area contributed by atoms with E-state index in [1.165, 1.54) is 39.5 Å². The van der Waals surface area contributed by atoms with E-state index in [0.717, 1.165) is 7.11 Å². The van der Waals surface area contributed by atoms with Crippen molar-refractivity contribution >= 4 is 39.0 Å². The molecule has 208 valence electrons. The van der Waals surface area contributed by atoms with Crippen LogP contribution in [0.4, 0.5) is 17.1 Å². The van der Waals surface area contributed by atoms with Crippen LogP contribution in [0.25, 0.3) is 0 Å². The van der Waals surface area contributed by atoms with Crippen LogP contribution in [-0.2, 0) is 28.4 Å². The number of anilines is 2. The molecule has 1 aliphatic rings. The van der Waals surface area contributed by atoms with Crippen LogP contribution >= 0.6 is 15.9 Å². The summed E-state index contributed by atoms with van der Waals surface area (Å²) in [4.78, 5) is 24.1. The molecule has 1 heterocycles. The number of benzene rings is 2. The lowest BCUT2D eigenvalue weighted by Gasteiger charge is -2.23. The summed E-state index contributed by atoms with van der Waals surface area (Å²) in [6, 6.07) is 4.12. The fourth-order valence-electron chi connectivity index (χ4n) is 3.48. The Kier molecular flexibility index (Phi) is 10.9. The Hall–Kier alpha value is -3.21. The molecule has 38 heavy (non-hydrogen) atoms. The molecule has 1 fully saturated rings. The number of hydrogen-bond acceptors (Lipinski definition) is 13. The summed E-state index contributed by atoms with van der Waals surface area (Å²) in [6.45, 7) is 0.129. The van der Waals surface area contributed by atoms with Crippen LogP contribution in [0.15, 0.2) is 22.7 Å². The summed E-state index contributed by atoms with van der Waals surface area (Å²) in [5.41, 5.74) is -0.297. The number of halogens is 1. The standard InChI is InChI=1S/C23H27BrN2O12/c1-30-10-36-14-6-5-13(22(27)33-4)19(21(14)26(28)29)25-20-16(38-12-32-3)9-15(37-11-31-2)17(18(20)24)23-34-7-8-35-23/h5-6,9,23,25H,7-8,10-12H2,1-4H3. The second kappa shape index (κ2) is 14.1. The first-order valence-electron chi connectivity index (χ1n) is 11.0. The minimum absolute atomic E-state index is 0.0977. The molecule has 0 atom stereocenters. The van der Waals surface area contributed by atoms with Gasteiger partial charge in [0.2, 0.25) is 5.75 Å². The molecule has 0 spiro atoms. The Morgan fingerprint density at radius 3 is 2.11 bits per heavy atom. The van der Waals surface area contributed by atoms with Gasteiger partial charge in [-0.25, -0.2) is 4.79 Å². The zero-order valence-corrected chi connectivity index (χ0v) is 22.7. The second-order valence-corrected chi connectivity index (χ2v) is 8.20. The van der Waals surface area contributed by atoms with E-state index in [4.69, 9.17) is 42.6 Å². The quantitative estimate of drug-likeness (QED) is 0.144. The van der Waals surface area contributed by atoms with Gasteiger partial charge in [0.1, 0.15) is 11.4 Å². The van der Waals surface area contributed by atoms with Crippen molar-refractivity contribution < 1.29 is 52.3 Å². The average Bonchev–Trinajstić information content (AvgIpc) is 3.44. The maximum Gasteiger partial charge on any atom is 0.340 e. The first kappa shape index (κ1) is 29.3. The molecule has 2 aromatic rings. The van der Waals surface area contributed by atoms with Crippen molar-refractivity contribution in [1.29, 1.82) is 0 Å². The van der Waals surface area contributed by atoms with Crippen molar-refractivity contribution in [3.63, 3.8) is 0 Å². The van der Waals surface area contributed by atoms with Crippen LogP contribution in [-0.4, -0.2) is 72.9 Å². The third-order valence-corrected chi connectivity index (χ3v) is 5.89. The molecule has 1 saturated heterocycles. The Morgan fingerprint density at radius 1 is 0.974 bits per heavy atom. The lowest BCUT2D eigenvalue weighted by atomic mass is 10.1. The number of nitrogens with zero attached hydrogens (tertiary/aromatic N) is 1. The number of esters is 1. The largest absolute Gasteiger partial charge is 0.467 e. The number of nitrogens with one attached hydrogen (secondary N) is 1. The molecule has 2 aromatic carbocycles. The molecule has 3 rings (SSSR count). The molecule has 0 unspecified atom stereocenters. The number of carbonyl (C=O) groups is 1. The van der Waals surface area contributed by atoms with E-state index >= 15 is 0 Å². The number of hydrogen-bond donors (Lipinski definition) is 1. The molecule has 0 amide bonds. The van der Waals surface area contributed by atoms with Gasteiger partial charge in [-0.3, -0.25) is 10.1 Å². The average molecular weight is 603 g/mol. The molecule has 0 saturated carbocycles. The molecule has 0 aliphatic carbocycles. The van der Waals surface area contributed by atoms with E-state index in [1.807, 2.05) is 0 Å². The highest BCUT2D eigenvalue weighted by atomic mass is 79.9. The molecule has 15 heteroatoms. The first-order valence-corrected chi connectivity index (χ1v) is 11.8. The topological polar surface area (TPSA) is 155 Å². The number of methoxy groups -OCH3 is 4. The Bertz CT molecular complexity index is 1140. The van der Waals surface area contributed by atoms with E-state index in [-0.39, 0.29) is 48.8 Å². The minimum atomic E-state index is -0.834. The van der Waals surface area contributed by atoms with Gasteiger partial charge in [-0.2, -0.15) is 0 Å². The molecular formula is C23H27BrN2O12. The van der Waals surface area contributed by atoms with Gasteiger partial charge in [-0.15, -0.1) is 0 Å². The van der Waals surface area contributed by atoms with Crippen molar-refractivity contribution in [3.8, 4) is 17.2 Å². The van der Waals surface area contributed by atoms with Gasteiger partial charge in [0.25, 0.3) is 0 Å². The SMILES string of the molecule is COCOc1cc(OCOC)c(C2OCCO2)c(Br)c1Nc1c(C(=O)OC)ccc(OCOC)c1[N+](=O)[O-]. The predicted octanol–water partition coefficient (Wildman–Crippen LogP) is 3.88. The highest BCUT2D eigenvalue weighted by molar-refractivity contribution is 9.10. The first-order chi connectivity index (χ1) is 18.4. The number of ether oxygens (including phenoxy) is 9. The second-order valence-electron chi connectivity index (χ2n) is 7.41. The molecule has 0 aromatic heterocycles. The van der Waals surface area contributed by atoms with Gasteiger partial charge in [0, 0.05) is 27.4 Å². The van der Waals surface area contributed by atoms with Crippen molar-refractivity contribution in [2.45, 2.75) is 6.29 Å². The normalized spacial score (nSPS) is 13.3. The third kappa shape index (κ3) is 6.61. The van der Waals surface area contributed by atoms with Gasteiger partial charge in [0.05, 0.1) is 46.5 Å². The van der Waals surface area contributed by atoms with Crippen LogP contribution in [0.1, 0.15) is 22.2 Å². The molecule has 1 N–H and O–H groups in total. The van der Waals surface area contributed by atoms with Crippen LogP contribution in [0.3, 0.4) is 0 Å². The molecule has 0 bridgehead atoms. The smallest absolute Gasteiger partial charge is 0.340 e. The molecular weight excluding hydrogens is 576 g/mol. The Morgan fingerprint density at radius 2 is 1.55 bits per heavy atom. The summed E-state index contributed by atoms with van der Waals surface area (Å²) < 4.78 is 48.4. The van der Waals surface area contributed by atoms with E-state index in [2.05, 4.69) is 21.2 Å². The fourth-order valence-corrected chi connectivity index (χ4v) is 4.16. The van der Waals surface area contributed by atoms with Crippen LogP contribution in [0.2, 0.25) is 0 Å². The van der Waals surface area contributed by atoms with Crippen molar-refractivity contribution in [2.24, 2.45) is 0 Å². The van der Waals surface area contributed by atoms with Crippen LogP contribution in [0.5, 0.6) is 17.2 Å². The lowest BCUT2D eigenvalue weighted by Crippen LogP contribution is -2.13. The van der Waals surface area contributed by atoms with Gasteiger partial charge in [-0.1, -0.05) is 0 Å². The number of nitro groups is 1. The molecule has 0 radical (unpaired) electrons. The monoisotopic (exact) mass is 602 g/mol. The minimum Gasteiger partial charge on any atom is -0.467 e. The van der Waals surface area contributed by atoms with Gasteiger partial charge < -0.3 is 47.9 Å². The predicted molar refractivity (Wildman–Crippen MR) is 134 cm³/mol. The van der Waals surface area contributed by atoms with Crippen LogP contribution in [0, 0.1) is 10.1 Å². The molecule has 14 nitrogen and oxygen atoms in total. The third-order valence-electron chi connectivity index (χ3n) is 5.06. The maximum absolute atomic E-state index is 12.6. The summed E-state index contributed by atoms with van der Waals surface area (Å²) in [7, 11) is 5.41. The summed E-state index contributed by atoms with van der Waals surface area (Å²) in [6.07, 6.45) is -0.834. The van der Waals surface area contributed by atoms with Crippen molar-refractivity contribution in [2.75, 3.05) is 67.3 Å². The lowest BCUT2D eigenvalue weighted by molar-refractivity contribution is -0.385. The zero-order valence-electron chi connectivity index (χ0n) is 21.1. The maximum atomic E-state index is 12.6. The van der Waals surface area contributed by atoms with E-state index in [9.17, 15) is 14.9 Å². The summed E-state index contributed by atoms with van der Waals surface area (Å²) >= 11 is 3.53. The summed E-state index contributed by atoms with van der Waals surface area (Å²) in [5, 5.41) is 15.2. The van der Waals surface area contributed by atoms with E-state index in [1.54, 1.807) is 0 Å². The Balaban J connectivity index is 2.27. The van der Waals surface area contributed by atoms with Gasteiger partial charge in [0.15, 0.2) is 32.4 Å². The van der Waals surface area contributed by atoms with E-state index < -0.39 is 22.9 Å². The highest BCUT2D eigenvalue weighted by Gasteiger charge is 2.33.